The molecule has 33 heavy (non-hydrogen) atoms. The number of hydrogen-bond donors (Lipinski definition) is 2. The first-order valence-corrected chi connectivity index (χ1v) is 10.6. The van der Waals surface area contributed by atoms with Gasteiger partial charge in [-0.05, 0) is 57.2 Å². The van der Waals surface area contributed by atoms with Gasteiger partial charge in [0.25, 0.3) is 0 Å². The summed E-state index contributed by atoms with van der Waals surface area (Å²) in [5, 5.41) is 17.4. The van der Waals surface area contributed by atoms with Crippen molar-refractivity contribution >= 4 is 5.69 Å². The molecule has 1 unspecified atom stereocenters. The van der Waals surface area contributed by atoms with Gasteiger partial charge in [0.05, 0.1) is 36.7 Å². The van der Waals surface area contributed by atoms with Gasteiger partial charge < -0.3 is 19.9 Å². The Morgan fingerprint density at radius 2 is 1.85 bits per heavy atom. The molecule has 0 bridgehead atoms. The van der Waals surface area contributed by atoms with Crippen molar-refractivity contribution in [2.75, 3.05) is 25.1 Å². The number of hydrogen-bond acceptors (Lipinski definition) is 6. The van der Waals surface area contributed by atoms with E-state index in [1.165, 1.54) is 10.7 Å². The summed E-state index contributed by atoms with van der Waals surface area (Å²) in [5.74, 6) is 0.228. The molecule has 3 rings (SSSR count). The van der Waals surface area contributed by atoms with E-state index in [1.54, 1.807) is 37.3 Å². The molecule has 0 fully saturated rings. The zero-order chi connectivity index (χ0) is 24.0. The van der Waals surface area contributed by atoms with Crippen LogP contribution in [0.25, 0.3) is 17.1 Å². The van der Waals surface area contributed by atoms with Crippen molar-refractivity contribution in [2.24, 2.45) is 0 Å². The molecule has 178 valence electrons. The minimum atomic E-state index is -4.47. The van der Waals surface area contributed by atoms with Crippen LogP contribution in [0.3, 0.4) is 0 Å². The number of nitrogens with one attached hydrogen (secondary N) is 1. The van der Waals surface area contributed by atoms with Crippen molar-refractivity contribution in [3.05, 3.63) is 54.1 Å². The number of aromatic nitrogens is 3. The van der Waals surface area contributed by atoms with E-state index < -0.39 is 17.8 Å². The minimum Gasteiger partial charge on any atom is -0.463 e. The standard InChI is InChI=1S/C23H27F3N4O3/c1-4-32-22-28-21(16-6-5-7-17(12-16)23(24,25)26)30(29-22)19-10-8-18(9-11-19)27-13-20(31)14-33-15(2)3/h5-12,15,20,27,31H,4,13-14H2,1-3H3. The summed E-state index contributed by atoms with van der Waals surface area (Å²) in [7, 11) is 0. The third-order valence-corrected chi connectivity index (χ3v) is 4.58. The summed E-state index contributed by atoms with van der Waals surface area (Å²) in [6.45, 7) is 6.41. The average molecular weight is 464 g/mol. The summed E-state index contributed by atoms with van der Waals surface area (Å²) in [6.07, 6.45) is -5.10. The summed E-state index contributed by atoms with van der Waals surface area (Å²) in [4.78, 5) is 4.29. The minimum absolute atomic E-state index is 0.0363. The maximum Gasteiger partial charge on any atom is 0.416 e. The normalized spacial score (nSPS) is 12.7. The Morgan fingerprint density at radius 3 is 2.48 bits per heavy atom. The van der Waals surface area contributed by atoms with Crippen molar-refractivity contribution in [1.29, 1.82) is 0 Å². The Bertz CT molecular complexity index is 1040. The Morgan fingerprint density at radius 1 is 1.12 bits per heavy atom. The molecule has 1 atom stereocenters. The first kappa shape index (κ1) is 24.5. The maximum absolute atomic E-state index is 13.2. The zero-order valence-electron chi connectivity index (χ0n) is 18.6. The molecule has 0 spiro atoms. The quantitative estimate of drug-likeness (QED) is 0.458. The number of nitrogens with zero attached hydrogens (tertiary/aromatic N) is 3. The van der Waals surface area contributed by atoms with Crippen molar-refractivity contribution in [3.63, 3.8) is 0 Å². The van der Waals surface area contributed by atoms with E-state index in [1.807, 2.05) is 13.8 Å². The van der Waals surface area contributed by atoms with E-state index in [0.717, 1.165) is 17.8 Å². The van der Waals surface area contributed by atoms with Crippen LogP contribution in [0.1, 0.15) is 26.3 Å². The Kier molecular flexibility index (Phi) is 7.93. The lowest BCUT2D eigenvalue weighted by atomic mass is 10.1. The highest BCUT2D eigenvalue weighted by Gasteiger charge is 2.31. The Labute approximate surface area is 190 Å². The van der Waals surface area contributed by atoms with Crippen molar-refractivity contribution in [3.8, 4) is 23.1 Å². The smallest absolute Gasteiger partial charge is 0.416 e. The molecule has 0 aliphatic rings. The zero-order valence-corrected chi connectivity index (χ0v) is 18.6. The average Bonchev–Trinajstić information content (AvgIpc) is 3.20. The van der Waals surface area contributed by atoms with Gasteiger partial charge in [0, 0.05) is 17.8 Å². The molecule has 0 radical (unpaired) electrons. The molecular formula is C23H27F3N4O3. The van der Waals surface area contributed by atoms with Gasteiger partial charge in [-0.25, -0.2) is 4.68 Å². The van der Waals surface area contributed by atoms with E-state index in [9.17, 15) is 18.3 Å². The summed E-state index contributed by atoms with van der Waals surface area (Å²) in [6, 6.07) is 12.1. The maximum atomic E-state index is 13.2. The number of anilines is 1. The van der Waals surface area contributed by atoms with E-state index in [-0.39, 0.29) is 30.1 Å². The summed E-state index contributed by atoms with van der Waals surface area (Å²) >= 11 is 0. The van der Waals surface area contributed by atoms with Gasteiger partial charge in [0.1, 0.15) is 0 Å². The Hall–Kier alpha value is -3.11. The lowest BCUT2D eigenvalue weighted by Crippen LogP contribution is -2.26. The largest absolute Gasteiger partial charge is 0.463 e. The van der Waals surface area contributed by atoms with E-state index in [4.69, 9.17) is 9.47 Å². The monoisotopic (exact) mass is 464 g/mol. The van der Waals surface area contributed by atoms with Crippen LogP contribution in [-0.4, -0.2) is 51.8 Å². The fourth-order valence-electron chi connectivity index (χ4n) is 3.00. The highest BCUT2D eigenvalue weighted by Crippen LogP contribution is 2.33. The SMILES string of the molecule is CCOc1nc(-c2cccc(C(F)(F)F)c2)n(-c2ccc(NCC(O)COC(C)C)cc2)n1. The Balaban J connectivity index is 1.83. The van der Waals surface area contributed by atoms with Crippen LogP contribution < -0.4 is 10.1 Å². The molecule has 0 saturated carbocycles. The van der Waals surface area contributed by atoms with E-state index in [2.05, 4.69) is 15.4 Å². The van der Waals surface area contributed by atoms with Crippen LogP contribution >= 0.6 is 0 Å². The highest BCUT2D eigenvalue weighted by atomic mass is 19.4. The number of rotatable bonds is 10. The van der Waals surface area contributed by atoms with Gasteiger partial charge in [-0.15, -0.1) is 5.10 Å². The van der Waals surface area contributed by atoms with Gasteiger partial charge in [0.2, 0.25) is 0 Å². The third kappa shape index (κ3) is 6.69. The van der Waals surface area contributed by atoms with Crippen LogP contribution in [0.4, 0.5) is 18.9 Å². The van der Waals surface area contributed by atoms with Crippen molar-refractivity contribution in [2.45, 2.75) is 39.2 Å². The molecule has 2 aromatic carbocycles. The summed E-state index contributed by atoms with van der Waals surface area (Å²) in [5.41, 5.74) is 0.842. The topological polar surface area (TPSA) is 81.4 Å². The molecule has 0 saturated heterocycles. The van der Waals surface area contributed by atoms with Crippen LogP contribution in [0.2, 0.25) is 0 Å². The molecule has 7 nitrogen and oxygen atoms in total. The van der Waals surface area contributed by atoms with Gasteiger partial charge in [-0.2, -0.15) is 18.2 Å². The molecule has 10 heteroatoms. The number of aliphatic hydroxyl groups excluding tert-OH is 1. The number of benzene rings is 2. The van der Waals surface area contributed by atoms with Gasteiger partial charge >= 0.3 is 12.2 Å². The van der Waals surface area contributed by atoms with Crippen LogP contribution in [0, 0.1) is 0 Å². The van der Waals surface area contributed by atoms with Gasteiger partial charge in [-0.3, -0.25) is 0 Å². The molecule has 2 N–H and O–H groups in total. The lowest BCUT2D eigenvalue weighted by Gasteiger charge is -2.15. The van der Waals surface area contributed by atoms with Crippen molar-refractivity contribution in [1.82, 2.24) is 14.8 Å². The molecule has 3 aromatic rings. The lowest BCUT2D eigenvalue weighted by molar-refractivity contribution is -0.137. The fourth-order valence-corrected chi connectivity index (χ4v) is 3.00. The highest BCUT2D eigenvalue weighted by molar-refractivity contribution is 5.60. The first-order valence-electron chi connectivity index (χ1n) is 10.6. The number of aliphatic hydroxyl groups is 1. The fraction of sp³-hybridized carbons (Fsp3) is 0.391. The molecule has 1 heterocycles. The van der Waals surface area contributed by atoms with E-state index in [0.29, 0.717) is 18.8 Å². The molecule has 0 amide bonds. The summed E-state index contributed by atoms with van der Waals surface area (Å²) < 4.78 is 51.8. The molecule has 1 aromatic heterocycles. The number of alkyl halides is 3. The second kappa shape index (κ2) is 10.7. The van der Waals surface area contributed by atoms with Crippen LogP contribution in [-0.2, 0) is 10.9 Å². The number of ether oxygens (including phenoxy) is 2. The van der Waals surface area contributed by atoms with Crippen molar-refractivity contribution < 1.29 is 27.8 Å². The molecule has 0 aliphatic heterocycles. The van der Waals surface area contributed by atoms with Gasteiger partial charge in [0.15, 0.2) is 5.82 Å². The van der Waals surface area contributed by atoms with Crippen LogP contribution in [0.15, 0.2) is 48.5 Å². The van der Waals surface area contributed by atoms with E-state index >= 15 is 0 Å². The van der Waals surface area contributed by atoms with Crippen LogP contribution in [0.5, 0.6) is 6.01 Å². The second-order valence-electron chi connectivity index (χ2n) is 7.61. The third-order valence-electron chi connectivity index (χ3n) is 4.58. The molecular weight excluding hydrogens is 437 g/mol. The first-order chi connectivity index (χ1) is 15.7. The number of halogens is 3. The van der Waals surface area contributed by atoms with Gasteiger partial charge in [-0.1, -0.05) is 12.1 Å². The predicted octanol–water partition coefficient (Wildman–Crippen LogP) is 4.55. The molecule has 0 aliphatic carbocycles. The predicted molar refractivity (Wildman–Crippen MR) is 119 cm³/mol. The second-order valence-corrected chi connectivity index (χ2v) is 7.61.